The highest BCUT2D eigenvalue weighted by atomic mass is 16.1. The predicted octanol–water partition coefficient (Wildman–Crippen LogP) is 2.32. The van der Waals surface area contributed by atoms with Crippen LogP contribution < -0.4 is 5.32 Å². The zero-order chi connectivity index (χ0) is 17.2. The summed E-state index contributed by atoms with van der Waals surface area (Å²) in [4.78, 5) is 30.4. The summed E-state index contributed by atoms with van der Waals surface area (Å²) in [6.07, 6.45) is 8.14. The number of likely N-dealkylation sites (N-methyl/N-ethyl adjacent to an activating group) is 1. The lowest BCUT2D eigenvalue weighted by Gasteiger charge is -2.21. The van der Waals surface area contributed by atoms with Crippen LogP contribution in [0.3, 0.4) is 0 Å². The minimum atomic E-state index is -0.287. The predicted molar refractivity (Wildman–Crippen MR) is 96.2 cm³/mol. The van der Waals surface area contributed by atoms with E-state index in [1.165, 1.54) is 11.9 Å². The maximum atomic E-state index is 12.4. The number of pyridine rings is 1. The molecule has 0 atom stereocenters. The number of anilines is 1. The van der Waals surface area contributed by atoms with E-state index in [-0.39, 0.29) is 5.91 Å². The highest BCUT2D eigenvalue weighted by molar-refractivity contribution is 6.04. The van der Waals surface area contributed by atoms with Gasteiger partial charge in [0.15, 0.2) is 0 Å². The number of carbonyl (C=O) groups is 1. The van der Waals surface area contributed by atoms with Gasteiger partial charge in [-0.2, -0.15) is 0 Å². The number of carbonyl (C=O) groups excluding carboxylic acids is 1. The first kappa shape index (κ1) is 15.5. The molecule has 2 N–H and O–H groups in total. The van der Waals surface area contributed by atoms with Gasteiger partial charge in [-0.1, -0.05) is 6.08 Å². The van der Waals surface area contributed by atoms with Crippen LogP contribution in [0.25, 0.3) is 16.6 Å². The average Bonchev–Trinajstić information content (AvgIpc) is 3.06. The van der Waals surface area contributed by atoms with E-state index in [1.807, 2.05) is 12.3 Å². The molecule has 4 rings (SSSR count). The molecule has 25 heavy (non-hydrogen) atoms. The van der Waals surface area contributed by atoms with Crippen molar-refractivity contribution in [3.8, 4) is 0 Å². The molecule has 3 aromatic rings. The van der Waals surface area contributed by atoms with Gasteiger partial charge in [0, 0.05) is 31.0 Å². The molecule has 0 aliphatic carbocycles. The topological polar surface area (TPSA) is 86.8 Å². The van der Waals surface area contributed by atoms with E-state index >= 15 is 0 Å². The highest BCUT2D eigenvalue weighted by Gasteiger charge is 2.16. The summed E-state index contributed by atoms with van der Waals surface area (Å²) in [5.74, 6) is 0.166. The molecule has 126 valence electrons. The summed E-state index contributed by atoms with van der Waals surface area (Å²) in [6, 6.07) is 5.24. The fourth-order valence-corrected chi connectivity index (χ4v) is 2.93. The fourth-order valence-electron chi connectivity index (χ4n) is 2.93. The van der Waals surface area contributed by atoms with Gasteiger partial charge in [-0.15, -0.1) is 0 Å². The molecule has 7 nitrogen and oxygen atoms in total. The zero-order valence-electron chi connectivity index (χ0n) is 13.9. The van der Waals surface area contributed by atoms with Crippen molar-refractivity contribution in [2.45, 2.75) is 6.42 Å². The number of rotatable bonds is 3. The third-order valence-electron chi connectivity index (χ3n) is 4.34. The largest absolute Gasteiger partial charge is 0.359 e. The summed E-state index contributed by atoms with van der Waals surface area (Å²) in [6.45, 7) is 1.95. The SMILES string of the molecule is CN1CC=C(c2c[nH]c3ccc(C(=O)Nc4ccncn4)nc23)CC1. The second kappa shape index (κ2) is 6.45. The minimum absolute atomic E-state index is 0.287. The van der Waals surface area contributed by atoms with Crippen molar-refractivity contribution >= 4 is 28.3 Å². The van der Waals surface area contributed by atoms with Gasteiger partial charge in [0.1, 0.15) is 17.8 Å². The number of hydrogen-bond donors (Lipinski definition) is 2. The summed E-state index contributed by atoms with van der Waals surface area (Å²) < 4.78 is 0. The van der Waals surface area contributed by atoms with Crippen LogP contribution in [0, 0.1) is 0 Å². The number of H-pyrrole nitrogens is 1. The summed E-state index contributed by atoms with van der Waals surface area (Å²) in [5.41, 5.74) is 4.45. The van der Waals surface area contributed by atoms with Gasteiger partial charge in [-0.05, 0) is 37.2 Å². The van der Waals surface area contributed by atoms with Gasteiger partial charge in [0.2, 0.25) is 0 Å². The molecule has 1 aliphatic rings. The fraction of sp³-hybridized carbons (Fsp3) is 0.222. The standard InChI is InChI=1S/C18H18N6O/c1-24-8-5-12(6-9-24)13-10-20-14-2-3-15(22-17(13)14)18(25)23-16-4-7-19-11-21-16/h2-5,7,10-11,20H,6,8-9H2,1H3,(H,19,21,23,25). The first-order valence-electron chi connectivity index (χ1n) is 8.14. The maximum absolute atomic E-state index is 12.4. The lowest BCUT2D eigenvalue weighted by molar-refractivity contribution is 0.102. The van der Waals surface area contributed by atoms with Crippen molar-refractivity contribution in [3.05, 3.63) is 54.3 Å². The molecule has 3 aromatic heterocycles. The Morgan fingerprint density at radius 3 is 3.00 bits per heavy atom. The number of fused-ring (bicyclic) bond motifs is 1. The van der Waals surface area contributed by atoms with E-state index in [9.17, 15) is 4.79 Å². The molecule has 0 saturated carbocycles. The van der Waals surface area contributed by atoms with E-state index in [2.05, 4.69) is 43.3 Å². The smallest absolute Gasteiger partial charge is 0.275 e. The Kier molecular flexibility index (Phi) is 3.99. The lowest BCUT2D eigenvalue weighted by Crippen LogP contribution is -2.23. The Labute approximate surface area is 144 Å². The number of nitrogens with one attached hydrogen (secondary N) is 2. The summed E-state index contributed by atoms with van der Waals surface area (Å²) >= 11 is 0. The van der Waals surface area contributed by atoms with Crippen molar-refractivity contribution in [2.75, 3.05) is 25.5 Å². The normalized spacial score (nSPS) is 15.2. The minimum Gasteiger partial charge on any atom is -0.359 e. The van der Waals surface area contributed by atoms with Crippen molar-refractivity contribution in [2.24, 2.45) is 0 Å². The number of nitrogens with zero attached hydrogens (tertiary/aromatic N) is 4. The van der Waals surface area contributed by atoms with Crippen LogP contribution in [0.2, 0.25) is 0 Å². The molecular formula is C18H18N6O. The van der Waals surface area contributed by atoms with Crippen LogP contribution in [0.15, 0.2) is 43.0 Å². The second-order valence-corrected chi connectivity index (χ2v) is 6.09. The van der Waals surface area contributed by atoms with E-state index in [0.29, 0.717) is 11.5 Å². The molecule has 1 amide bonds. The van der Waals surface area contributed by atoms with E-state index in [1.54, 1.807) is 18.3 Å². The molecule has 0 aromatic carbocycles. The van der Waals surface area contributed by atoms with Crippen molar-refractivity contribution in [1.82, 2.24) is 24.8 Å². The van der Waals surface area contributed by atoms with Crippen molar-refractivity contribution in [3.63, 3.8) is 0 Å². The number of aromatic amines is 1. The second-order valence-electron chi connectivity index (χ2n) is 6.09. The maximum Gasteiger partial charge on any atom is 0.275 e. The monoisotopic (exact) mass is 334 g/mol. The van der Waals surface area contributed by atoms with Gasteiger partial charge in [-0.3, -0.25) is 4.79 Å². The molecule has 0 spiro atoms. The number of hydrogen-bond acceptors (Lipinski definition) is 5. The summed E-state index contributed by atoms with van der Waals surface area (Å²) in [5, 5.41) is 2.74. The van der Waals surface area contributed by atoms with Crippen molar-refractivity contribution in [1.29, 1.82) is 0 Å². The average molecular weight is 334 g/mol. The Morgan fingerprint density at radius 2 is 2.24 bits per heavy atom. The zero-order valence-corrected chi connectivity index (χ0v) is 13.9. The lowest BCUT2D eigenvalue weighted by atomic mass is 10.0. The van der Waals surface area contributed by atoms with E-state index in [4.69, 9.17) is 0 Å². The molecular weight excluding hydrogens is 316 g/mol. The van der Waals surface area contributed by atoms with Gasteiger partial charge < -0.3 is 15.2 Å². The number of amides is 1. The Balaban J connectivity index is 1.65. The Morgan fingerprint density at radius 1 is 1.32 bits per heavy atom. The third-order valence-corrected chi connectivity index (χ3v) is 4.34. The van der Waals surface area contributed by atoms with E-state index in [0.717, 1.165) is 36.1 Å². The Hall–Kier alpha value is -3.06. The third kappa shape index (κ3) is 3.14. The van der Waals surface area contributed by atoms with Gasteiger partial charge in [0.05, 0.1) is 11.0 Å². The van der Waals surface area contributed by atoms with Crippen LogP contribution in [-0.4, -0.2) is 50.9 Å². The van der Waals surface area contributed by atoms with Crippen LogP contribution in [0.5, 0.6) is 0 Å². The van der Waals surface area contributed by atoms with Gasteiger partial charge in [0.25, 0.3) is 5.91 Å². The molecule has 0 saturated heterocycles. The molecule has 0 fully saturated rings. The van der Waals surface area contributed by atoms with E-state index < -0.39 is 0 Å². The summed E-state index contributed by atoms with van der Waals surface area (Å²) in [7, 11) is 2.11. The molecule has 1 aliphatic heterocycles. The molecule has 0 bridgehead atoms. The van der Waals surface area contributed by atoms with Gasteiger partial charge in [-0.25, -0.2) is 15.0 Å². The van der Waals surface area contributed by atoms with Crippen LogP contribution in [0.1, 0.15) is 22.5 Å². The van der Waals surface area contributed by atoms with Gasteiger partial charge >= 0.3 is 0 Å². The van der Waals surface area contributed by atoms with Crippen molar-refractivity contribution < 1.29 is 4.79 Å². The molecule has 7 heteroatoms. The molecule has 0 radical (unpaired) electrons. The van der Waals surface area contributed by atoms with Crippen LogP contribution in [-0.2, 0) is 0 Å². The first-order valence-corrected chi connectivity index (χ1v) is 8.14. The Bertz CT molecular complexity index is 947. The quantitative estimate of drug-likeness (QED) is 0.767. The number of aromatic nitrogens is 4. The molecule has 4 heterocycles. The first-order chi connectivity index (χ1) is 12.2. The van der Waals surface area contributed by atoms with Crippen LogP contribution in [0.4, 0.5) is 5.82 Å². The van der Waals surface area contributed by atoms with Crippen LogP contribution >= 0.6 is 0 Å². The highest BCUT2D eigenvalue weighted by Crippen LogP contribution is 2.28. The molecule has 0 unspecified atom stereocenters.